The molecule has 0 atom stereocenters. The molecule has 0 unspecified atom stereocenters. The molecule has 0 nitrogen and oxygen atoms in total. The van der Waals surface area contributed by atoms with Crippen LogP contribution in [0.1, 0.15) is 109 Å². The molecule has 0 saturated heterocycles. The van der Waals surface area contributed by atoms with E-state index in [0.717, 1.165) is 5.92 Å². The van der Waals surface area contributed by atoms with Crippen molar-refractivity contribution >= 4 is 31.9 Å². The van der Waals surface area contributed by atoms with Crippen molar-refractivity contribution in [1.29, 1.82) is 0 Å². The maximum absolute atomic E-state index is 3.62. The highest BCUT2D eigenvalue weighted by atomic mass is 79.9. The lowest BCUT2D eigenvalue weighted by molar-refractivity contribution is 0.385. The minimum absolute atomic E-state index is 0.557. The minimum atomic E-state index is 0.557. The van der Waals surface area contributed by atoms with Crippen LogP contribution in [0.5, 0.6) is 0 Å². The molecule has 0 aliphatic heterocycles. The SMILES string of the molecule is CC1CCCCC1.CCC.CCCCCC1c2cc(Br)ccc2-c2ccc(Br)cc21. The molecule has 0 heterocycles. The van der Waals surface area contributed by atoms with Crippen molar-refractivity contribution in [1.82, 2.24) is 0 Å². The van der Waals surface area contributed by atoms with Gasteiger partial charge < -0.3 is 0 Å². The molecule has 0 N–H and O–H groups in total. The van der Waals surface area contributed by atoms with Crippen molar-refractivity contribution in [2.45, 2.75) is 97.8 Å². The third-order valence-corrected chi connectivity index (χ3v) is 7.04. The van der Waals surface area contributed by atoms with Gasteiger partial charge in [-0.3, -0.25) is 0 Å². The van der Waals surface area contributed by atoms with Gasteiger partial charge in [-0.1, -0.05) is 129 Å². The third kappa shape index (κ3) is 7.52. The van der Waals surface area contributed by atoms with Crippen molar-refractivity contribution in [2.24, 2.45) is 5.92 Å². The molecule has 2 aromatic carbocycles. The Hall–Kier alpha value is -0.600. The van der Waals surface area contributed by atoms with Gasteiger partial charge in [0.2, 0.25) is 0 Å². The minimum Gasteiger partial charge on any atom is -0.0656 e. The summed E-state index contributed by atoms with van der Waals surface area (Å²) in [5, 5.41) is 0. The van der Waals surface area contributed by atoms with E-state index in [4.69, 9.17) is 0 Å². The lowest BCUT2D eigenvalue weighted by Crippen LogP contribution is -1.99. The average Bonchev–Trinajstić information content (AvgIpc) is 3.02. The Bertz CT molecular complexity index is 708. The number of unbranched alkanes of at least 4 members (excludes halogenated alkanes) is 2. The molecule has 0 bridgehead atoms. The molecule has 2 aliphatic rings. The molecule has 1 saturated carbocycles. The fourth-order valence-electron chi connectivity index (χ4n) is 4.52. The topological polar surface area (TPSA) is 0 Å². The molecule has 2 aliphatic carbocycles. The van der Waals surface area contributed by atoms with Crippen LogP contribution in [0.3, 0.4) is 0 Å². The maximum atomic E-state index is 3.62. The Morgan fingerprint density at radius 2 is 1.27 bits per heavy atom. The first-order valence-corrected chi connectivity index (χ1v) is 13.7. The lowest BCUT2D eigenvalue weighted by atomic mass is 9.91. The Kier molecular flexibility index (Phi) is 11.7. The van der Waals surface area contributed by atoms with Crippen LogP contribution in [0.4, 0.5) is 0 Å². The highest BCUT2D eigenvalue weighted by Crippen LogP contribution is 2.48. The average molecular weight is 536 g/mol. The Balaban J connectivity index is 0.000000266. The van der Waals surface area contributed by atoms with Gasteiger partial charge >= 0.3 is 0 Å². The van der Waals surface area contributed by atoms with Crippen LogP contribution in [0.2, 0.25) is 0 Å². The predicted octanol–water partition coefficient (Wildman–Crippen LogP) is 10.9. The van der Waals surface area contributed by atoms with Gasteiger partial charge in [0, 0.05) is 14.9 Å². The Morgan fingerprint density at radius 1 is 0.767 bits per heavy atom. The molecule has 0 spiro atoms. The summed E-state index contributed by atoms with van der Waals surface area (Å²) in [6.45, 7) is 8.88. The van der Waals surface area contributed by atoms with E-state index in [1.807, 2.05) is 0 Å². The number of halogens is 2. The highest BCUT2D eigenvalue weighted by molar-refractivity contribution is 9.10. The number of benzene rings is 2. The van der Waals surface area contributed by atoms with E-state index in [0.29, 0.717) is 5.92 Å². The zero-order valence-corrected chi connectivity index (χ0v) is 22.6. The normalized spacial score (nSPS) is 15.4. The van der Waals surface area contributed by atoms with E-state index >= 15 is 0 Å². The van der Waals surface area contributed by atoms with Crippen molar-refractivity contribution < 1.29 is 0 Å². The zero-order chi connectivity index (χ0) is 21.9. The van der Waals surface area contributed by atoms with E-state index in [9.17, 15) is 0 Å². The van der Waals surface area contributed by atoms with Crippen molar-refractivity contribution in [3.63, 3.8) is 0 Å². The maximum Gasteiger partial charge on any atom is 0.0178 e. The Morgan fingerprint density at radius 3 is 1.67 bits per heavy atom. The largest absolute Gasteiger partial charge is 0.0656 e. The number of hydrogen-bond donors (Lipinski definition) is 0. The predicted molar refractivity (Wildman–Crippen MR) is 141 cm³/mol. The zero-order valence-electron chi connectivity index (χ0n) is 19.4. The van der Waals surface area contributed by atoms with Crippen LogP contribution in [0.15, 0.2) is 45.3 Å². The third-order valence-electron chi connectivity index (χ3n) is 6.06. The fraction of sp³-hybridized carbons (Fsp3) is 0.571. The first-order chi connectivity index (χ1) is 14.5. The molecule has 166 valence electrons. The van der Waals surface area contributed by atoms with Gasteiger partial charge in [-0.05, 0) is 58.9 Å². The van der Waals surface area contributed by atoms with Gasteiger partial charge in [-0.15, -0.1) is 0 Å². The van der Waals surface area contributed by atoms with Crippen LogP contribution in [-0.4, -0.2) is 0 Å². The molecule has 0 aromatic heterocycles. The first kappa shape index (κ1) is 25.7. The summed E-state index contributed by atoms with van der Waals surface area (Å²) in [5.74, 6) is 1.59. The number of rotatable bonds is 4. The van der Waals surface area contributed by atoms with Crippen LogP contribution in [0, 0.1) is 5.92 Å². The highest BCUT2D eigenvalue weighted by Gasteiger charge is 2.28. The summed E-state index contributed by atoms with van der Waals surface area (Å²) < 4.78 is 2.37. The van der Waals surface area contributed by atoms with Crippen LogP contribution < -0.4 is 0 Å². The van der Waals surface area contributed by atoms with Crippen molar-refractivity contribution in [3.8, 4) is 11.1 Å². The monoisotopic (exact) mass is 534 g/mol. The van der Waals surface area contributed by atoms with E-state index in [2.05, 4.69) is 96.0 Å². The van der Waals surface area contributed by atoms with Gasteiger partial charge in [-0.25, -0.2) is 0 Å². The molecule has 0 amide bonds. The quantitative estimate of drug-likeness (QED) is 0.341. The standard InChI is InChI=1S/C18H18Br2.C7H14.C3H8/c1-2-3-4-5-14-17-10-12(19)6-8-15(17)16-9-7-13(20)11-18(14)16;1-7-5-3-2-4-6-7;1-3-2/h6-11,14H,2-5H2,1H3;7H,2-6H2,1H3;3H2,1-2H3. The van der Waals surface area contributed by atoms with E-state index in [1.54, 1.807) is 0 Å². The van der Waals surface area contributed by atoms with Crippen LogP contribution in [0.25, 0.3) is 11.1 Å². The van der Waals surface area contributed by atoms with Crippen LogP contribution >= 0.6 is 31.9 Å². The first-order valence-electron chi connectivity index (χ1n) is 12.1. The number of hydrogen-bond acceptors (Lipinski definition) is 0. The summed E-state index contributed by atoms with van der Waals surface area (Å²) in [4.78, 5) is 0. The van der Waals surface area contributed by atoms with Crippen LogP contribution in [-0.2, 0) is 0 Å². The molecule has 2 heteroatoms. The number of fused-ring (bicyclic) bond motifs is 3. The molecule has 2 aromatic rings. The smallest absolute Gasteiger partial charge is 0.0178 e. The summed E-state index contributed by atoms with van der Waals surface area (Å²) >= 11 is 7.25. The molecule has 0 radical (unpaired) electrons. The molecule has 30 heavy (non-hydrogen) atoms. The Labute approximate surface area is 202 Å². The fourth-order valence-corrected chi connectivity index (χ4v) is 5.28. The molecular formula is C28H40Br2. The summed E-state index contributed by atoms with van der Waals surface area (Å²) in [7, 11) is 0. The van der Waals surface area contributed by atoms with Gasteiger partial charge in [-0.2, -0.15) is 0 Å². The van der Waals surface area contributed by atoms with Gasteiger partial charge in [0.15, 0.2) is 0 Å². The summed E-state index contributed by atoms with van der Waals surface area (Å²) in [6.07, 6.45) is 13.8. The second kappa shape index (κ2) is 13.7. The van der Waals surface area contributed by atoms with Gasteiger partial charge in [0.1, 0.15) is 0 Å². The van der Waals surface area contributed by atoms with Crippen molar-refractivity contribution in [3.05, 3.63) is 56.5 Å². The van der Waals surface area contributed by atoms with Crippen molar-refractivity contribution in [2.75, 3.05) is 0 Å². The second-order valence-corrected chi connectivity index (χ2v) is 10.8. The lowest BCUT2D eigenvalue weighted by Gasteiger charge is -2.15. The van der Waals surface area contributed by atoms with E-state index < -0.39 is 0 Å². The summed E-state index contributed by atoms with van der Waals surface area (Å²) in [6, 6.07) is 13.4. The summed E-state index contributed by atoms with van der Waals surface area (Å²) in [5.41, 5.74) is 5.81. The van der Waals surface area contributed by atoms with Gasteiger partial charge in [0.05, 0.1) is 0 Å². The molecule has 4 rings (SSSR count). The van der Waals surface area contributed by atoms with Gasteiger partial charge in [0.25, 0.3) is 0 Å². The molecule has 1 fully saturated rings. The van der Waals surface area contributed by atoms with E-state index in [-0.39, 0.29) is 0 Å². The second-order valence-electron chi connectivity index (χ2n) is 8.96. The molecular weight excluding hydrogens is 496 g/mol. The van der Waals surface area contributed by atoms with E-state index in [1.165, 1.54) is 95.4 Å².